The van der Waals surface area contributed by atoms with Gasteiger partial charge in [0.1, 0.15) is 10.8 Å². The number of aryl methyl sites for hydroxylation is 1. The first-order valence-corrected chi connectivity index (χ1v) is 5.63. The van der Waals surface area contributed by atoms with Crippen LogP contribution in [0.4, 0.5) is 0 Å². The van der Waals surface area contributed by atoms with Crippen molar-refractivity contribution in [2.24, 2.45) is 5.92 Å². The third-order valence-corrected chi connectivity index (χ3v) is 4.13. The van der Waals surface area contributed by atoms with Crippen molar-refractivity contribution in [1.82, 2.24) is 14.3 Å². The zero-order valence-corrected chi connectivity index (χ0v) is 8.55. The predicted octanol–water partition coefficient (Wildman–Crippen LogP) is 1.27. The SMILES string of the molecule is Cc1nsc([C@H]2CN3CCC2C3)n1. The molecule has 13 heavy (non-hydrogen) atoms. The maximum Gasteiger partial charge on any atom is 0.139 e. The van der Waals surface area contributed by atoms with Gasteiger partial charge >= 0.3 is 0 Å². The third-order valence-electron chi connectivity index (χ3n) is 3.19. The Balaban J connectivity index is 1.87. The minimum Gasteiger partial charge on any atom is -0.302 e. The molecule has 1 aromatic heterocycles. The number of aromatic nitrogens is 2. The average Bonchev–Trinajstić information content (AvgIpc) is 2.77. The molecule has 3 heterocycles. The maximum absolute atomic E-state index is 4.49. The Bertz CT molecular complexity index is 322. The predicted molar refractivity (Wildman–Crippen MR) is 51.9 cm³/mol. The Hall–Kier alpha value is -0.480. The summed E-state index contributed by atoms with van der Waals surface area (Å²) in [5, 5.41) is 1.27. The molecule has 2 fully saturated rings. The molecule has 70 valence electrons. The molecule has 3 atom stereocenters. The second-order valence-electron chi connectivity index (χ2n) is 4.09. The Labute approximate surface area is 82.0 Å². The van der Waals surface area contributed by atoms with Crippen molar-refractivity contribution < 1.29 is 0 Å². The lowest BCUT2D eigenvalue weighted by Crippen LogP contribution is -2.21. The van der Waals surface area contributed by atoms with Crippen LogP contribution in [0, 0.1) is 12.8 Å². The molecule has 0 aromatic carbocycles. The molecule has 3 rings (SSSR count). The highest BCUT2D eigenvalue weighted by atomic mass is 32.1. The molecule has 0 saturated carbocycles. The standard InChI is InChI=1S/C9H13N3S/c1-6-10-9(13-11-6)8-5-12-3-2-7(8)4-12/h7-8H,2-5H2,1H3/t7?,8-/m0/s1. The van der Waals surface area contributed by atoms with Crippen LogP contribution in [0.25, 0.3) is 0 Å². The molecule has 1 aromatic rings. The van der Waals surface area contributed by atoms with E-state index in [1.807, 2.05) is 6.92 Å². The fourth-order valence-corrected chi connectivity index (χ4v) is 3.37. The molecule has 0 aliphatic carbocycles. The van der Waals surface area contributed by atoms with Gasteiger partial charge in [-0.25, -0.2) is 4.98 Å². The lowest BCUT2D eigenvalue weighted by atomic mass is 9.93. The van der Waals surface area contributed by atoms with E-state index in [1.54, 1.807) is 11.5 Å². The van der Waals surface area contributed by atoms with Crippen molar-refractivity contribution in [2.75, 3.05) is 19.6 Å². The normalized spacial score (nSPS) is 37.2. The highest BCUT2D eigenvalue weighted by Gasteiger charge is 2.40. The molecule has 2 aliphatic rings. The Morgan fingerprint density at radius 3 is 2.92 bits per heavy atom. The van der Waals surface area contributed by atoms with Gasteiger partial charge < -0.3 is 4.90 Å². The highest BCUT2D eigenvalue weighted by molar-refractivity contribution is 7.05. The van der Waals surface area contributed by atoms with Gasteiger partial charge in [-0.1, -0.05) is 0 Å². The summed E-state index contributed by atoms with van der Waals surface area (Å²) in [5.74, 6) is 2.50. The van der Waals surface area contributed by atoms with Crippen molar-refractivity contribution in [1.29, 1.82) is 0 Å². The molecule has 2 bridgehead atoms. The van der Waals surface area contributed by atoms with E-state index in [0.29, 0.717) is 5.92 Å². The average molecular weight is 195 g/mol. The number of hydrogen-bond acceptors (Lipinski definition) is 4. The summed E-state index contributed by atoms with van der Waals surface area (Å²) < 4.78 is 4.26. The van der Waals surface area contributed by atoms with Gasteiger partial charge in [-0.3, -0.25) is 0 Å². The molecule has 0 amide bonds. The van der Waals surface area contributed by atoms with E-state index < -0.39 is 0 Å². The van der Waals surface area contributed by atoms with Crippen LogP contribution < -0.4 is 0 Å². The van der Waals surface area contributed by atoms with Crippen LogP contribution in [-0.4, -0.2) is 33.9 Å². The van der Waals surface area contributed by atoms with E-state index in [1.165, 1.54) is 31.1 Å². The zero-order valence-electron chi connectivity index (χ0n) is 7.73. The van der Waals surface area contributed by atoms with E-state index in [4.69, 9.17) is 0 Å². The number of rotatable bonds is 1. The summed E-state index contributed by atoms with van der Waals surface area (Å²) in [5.41, 5.74) is 0. The number of piperidine rings is 1. The maximum atomic E-state index is 4.49. The Morgan fingerprint density at radius 2 is 2.38 bits per heavy atom. The topological polar surface area (TPSA) is 29.0 Å². The fraction of sp³-hybridized carbons (Fsp3) is 0.778. The van der Waals surface area contributed by atoms with E-state index in [0.717, 1.165) is 11.7 Å². The van der Waals surface area contributed by atoms with Gasteiger partial charge in [-0.05, 0) is 37.3 Å². The first-order chi connectivity index (χ1) is 6.33. The summed E-state index contributed by atoms with van der Waals surface area (Å²) >= 11 is 1.60. The summed E-state index contributed by atoms with van der Waals surface area (Å²) in [6, 6.07) is 0. The minimum absolute atomic E-state index is 0.694. The summed E-state index contributed by atoms with van der Waals surface area (Å²) in [6.07, 6.45) is 1.36. The van der Waals surface area contributed by atoms with Gasteiger partial charge in [0.15, 0.2) is 0 Å². The van der Waals surface area contributed by atoms with Gasteiger partial charge in [0, 0.05) is 19.0 Å². The molecule has 4 heteroatoms. The third kappa shape index (κ3) is 1.20. The van der Waals surface area contributed by atoms with Gasteiger partial charge in [0.05, 0.1) is 0 Å². The lowest BCUT2D eigenvalue weighted by Gasteiger charge is -2.19. The number of fused-ring (bicyclic) bond motifs is 2. The van der Waals surface area contributed by atoms with Crippen LogP contribution in [0.1, 0.15) is 23.2 Å². The van der Waals surface area contributed by atoms with Crippen LogP contribution in [-0.2, 0) is 0 Å². The van der Waals surface area contributed by atoms with Crippen LogP contribution >= 0.6 is 11.5 Å². The summed E-state index contributed by atoms with van der Waals surface area (Å²) in [4.78, 5) is 7.04. The molecule has 2 aliphatic heterocycles. The smallest absolute Gasteiger partial charge is 0.139 e. The Morgan fingerprint density at radius 1 is 1.46 bits per heavy atom. The Kier molecular flexibility index (Phi) is 1.67. The van der Waals surface area contributed by atoms with E-state index in [2.05, 4.69) is 14.3 Å². The van der Waals surface area contributed by atoms with Crippen LogP contribution in [0.5, 0.6) is 0 Å². The number of hydrogen-bond donors (Lipinski definition) is 0. The second-order valence-corrected chi connectivity index (χ2v) is 4.88. The molecule has 0 N–H and O–H groups in total. The van der Waals surface area contributed by atoms with Crippen LogP contribution in [0.3, 0.4) is 0 Å². The van der Waals surface area contributed by atoms with Crippen molar-refractivity contribution in [3.8, 4) is 0 Å². The molecule has 0 spiro atoms. The van der Waals surface area contributed by atoms with Crippen molar-refractivity contribution in [3.05, 3.63) is 10.8 Å². The fourth-order valence-electron chi connectivity index (χ4n) is 2.53. The largest absolute Gasteiger partial charge is 0.302 e. The molecule has 3 nitrogen and oxygen atoms in total. The molecule has 2 unspecified atom stereocenters. The molecule has 0 radical (unpaired) electrons. The van der Waals surface area contributed by atoms with Crippen LogP contribution in [0.15, 0.2) is 0 Å². The first-order valence-electron chi connectivity index (χ1n) is 4.85. The van der Waals surface area contributed by atoms with Gasteiger partial charge in [0.2, 0.25) is 0 Å². The van der Waals surface area contributed by atoms with Gasteiger partial charge in [0.25, 0.3) is 0 Å². The number of nitrogens with zero attached hydrogens (tertiary/aromatic N) is 3. The second kappa shape index (κ2) is 2.75. The summed E-state index contributed by atoms with van der Waals surface area (Å²) in [6.45, 7) is 5.80. The quantitative estimate of drug-likeness (QED) is 0.675. The molecular formula is C9H13N3S. The van der Waals surface area contributed by atoms with Crippen molar-refractivity contribution >= 4 is 11.5 Å². The molecule has 2 saturated heterocycles. The van der Waals surface area contributed by atoms with E-state index in [9.17, 15) is 0 Å². The van der Waals surface area contributed by atoms with Crippen molar-refractivity contribution in [3.63, 3.8) is 0 Å². The monoisotopic (exact) mass is 195 g/mol. The highest BCUT2D eigenvalue weighted by Crippen LogP contribution is 2.39. The summed E-state index contributed by atoms with van der Waals surface area (Å²) in [7, 11) is 0. The molecular weight excluding hydrogens is 182 g/mol. The van der Waals surface area contributed by atoms with Gasteiger partial charge in [-0.2, -0.15) is 4.37 Å². The minimum atomic E-state index is 0.694. The first kappa shape index (κ1) is 7.88. The van der Waals surface area contributed by atoms with Crippen molar-refractivity contribution in [2.45, 2.75) is 19.3 Å². The zero-order chi connectivity index (χ0) is 8.84. The van der Waals surface area contributed by atoms with Crippen LogP contribution in [0.2, 0.25) is 0 Å². The van der Waals surface area contributed by atoms with E-state index in [-0.39, 0.29) is 0 Å². The lowest BCUT2D eigenvalue weighted by molar-refractivity contribution is 0.346. The van der Waals surface area contributed by atoms with Gasteiger partial charge in [-0.15, -0.1) is 0 Å². The van der Waals surface area contributed by atoms with E-state index >= 15 is 0 Å².